The van der Waals surface area contributed by atoms with Crippen LogP contribution >= 0.6 is 11.3 Å². The van der Waals surface area contributed by atoms with E-state index in [9.17, 15) is 14.4 Å². The number of aromatic nitrogens is 2. The molecule has 2 heterocycles. The van der Waals surface area contributed by atoms with Crippen molar-refractivity contribution in [1.82, 2.24) is 15.3 Å². The van der Waals surface area contributed by atoms with Crippen molar-refractivity contribution in [3.8, 4) is 0 Å². The van der Waals surface area contributed by atoms with Gasteiger partial charge in [-0.1, -0.05) is 0 Å². The third-order valence-corrected chi connectivity index (χ3v) is 3.34. The van der Waals surface area contributed by atoms with Crippen LogP contribution in [0.25, 0.3) is 0 Å². The van der Waals surface area contributed by atoms with E-state index >= 15 is 0 Å². The number of carbonyl (C=O) groups excluding carboxylic acids is 2. The highest BCUT2D eigenvalue weighted by Crippen LogP contribution is 2.16. The van der Waals surface area contributed by atoms with Crippen molar-refractivity contribution < 1.29 is 9.59 Å². The molecule has 0 saturated heterocycles. The van der Waals surface area contributed by atoms with Gasteiger partial charge in [0.05, 0.1) is 17.7 Å². The van der Waals surface area contributed by atoms with Gasteiger partial charge >= 0.3 is 0 Å². The Hall–Kier alpha value is -2.48. The van der Waals surface area contributed by atoms with Gasteiger partial charge in [0.1, 0.15) is 0 Å². The number of nitrogens with zero attached hydrogens (tertiary/aromatic N) is 1. The summed E-state index contributed by atoms with van der Waals surface area (Å²) in [5.41, 5.74) is 0.655. The van der Waals surface area contributed by atoms with E-state index in [1.165, 1.54) is 29.7 Å². The molecule has 110 valence electrons. The van der Waals surface area contributed by atoms with Crippen LogP contribution in [-0.2, 0) is 11.2 Å². The number of hydrogen-bond donors (Lipinski definition) is 3. The Morgan fingerprint density at radius 1 is 1.38 bits per heavy atom. The number of hydrogen-bond acceptors (Lipinski definition) is 5. The van der Waals surface area contributed by atoms with E-state index in [4.69, 9.17) is 0 Å². The Morgan fingerprint density at radius 2 is 2.19 bits per heavy atom. The first kappa shape index (κ1) is 14.9. The molecule has 2 aromatic heterocycles. The zero-order valence-electron chi connectivity index (χ0n) is 11.3. The summed E-state index contributed by atoms with van der Waals surface area (Å²) < 4.78 is 0. The second kappa shape index (κ2) is 6.80. The fourth-order valence-corrected chi connectivity index (χ4v) is 2.30. The fraction of sp³-hybridized carbons (Fsp3) is 0.231. The van der Waals surface area contributed by atoms with E-state index in [0.29, 0.717) is 22.9 Å². The molecule has 3 N–H and O–H groups in total. The topological polar surface area (TPSA) is 104 Å². The highest BCUT2D eigenvalue weighted by atomic mass is 32.1. The van der Waals surface area contributed by atoms with Gasteiger partial charge in [-0.05, 0) is 13.0 Å². The number of amides is 2. The zero-order valence-corrected chi connectivity index (χ0v) is 12.1. The molecule has 7 nitrogen and oxygen atoms in total. The van der Waals surface area contributed by atoms with E-state index in [-0.39, 0.29) is 23.8 Å². The van der Waals surface area contributed by atoms with Crippen LogP contribution in [0.4, 0.5) is 5.13 Å². The molecule has 0 aromatic carbocycles. The SMILES string of the molecule is CCNC(=O)Cc1csc(NC(=O)c2ccc(=O)[nH]c2)n1. The molecule has 0 atom stereocenters. The maximum Gasteiger partial charge on any atom is 0.258 e. The van der Waals surface area contributed by atoms with Crippen LogP contribution in [0, 0.1) is 0 Å². The largest absolute Gasteiger partial charge is 0.356 e. The minimum atomic E-state index is -0.370. The number of likely N-dealkylation sites (N-methyl/N-ethyl adjacent to an activating group) is 1. The molecule has 0 saturated carbocycles. The third-order valence-electron chi connectivity index (χ3n) is 2.53. The smallest absolute Gasteiger partial charge is 0.258 e. The summed E-state index contributed by atoms with van der Waals surface area (Å²) in [5, 5.41) is 7.43. The molecule has 21 heavy (non-hydrogen) atoms. The van der Waals surface area contributed by atoms with Gasteiger partial charge in [-0.25, -0.2) is 4.98 Å². The van der Waals surface area contributed by atoms with Crippen molar-refractivity contribution in [1.29, 1.82) is 0 Å². The number of nitrogens with one attached hydrogen (secondary N) is 3. The highest BCUT2D eigenvalue weighted by Gasteiger charge is 2.10. The molecule has 0 aliphatic heterocycles. The molecular weight excluding hydrogens is 292 g/mol. The standard InChI is InChI=1S/C13H14N4O3S/c1-2-14-11(19)5-9-7-21-13(16-9)17-12(20)8-3-4-10(18)15-6-8/h3-4,6-7H,2,5H2,1H3,(H,14,19)(H,15,18)(H,16,17,20). The van der Waals surface area contributed by atoms with E-state index in [1.54, 1.807) is 5.38 Å². The van der Waals surface area contributed by atoms with E-state index < -0.39 is 0 Å². The summed E-state index contributed by atoms with van der Waals surface area (Å²) in [6.07, 6.45) is 1.51. The second-order valence-electron chi connectivity index (χ2n) is 4.17. The summed E-state index contributed by atoms with van der Waals surface area (Å²) >= 11 is 1.24. The number of rotatable bonds is 5. The molecule has 0 unspecified atom stereocenters. The lowest BCUT2D eigenvalue weighted by molar-refractivity contribution is -0.120. The molecule has 0 bridgehead atoms. The Bertz CT molecular complexity index is 687. The summed E-state index contributed by atoms with van der Waals surface area (Å²) in [6.45, 7) is 2.41. The van der Waals surface area contributed by atoms with Crippen LogP contribution < -0.4 is 16.2 Å². The molecule has 2 aromatic rings. The van der Waals surface area contributed by atoms with Crippen molar-refractivity contribution in [3.05, 3.63) is 45.3 Å². The Morgan fingerprint density at radius 3 is 2.86 bits per heavy atom. The number of pyridine rings is 1. The molecule has 0 aliphatic carbocycles. The van der Waals surface area contributed by atoms with Gasteiger partial charge in [-0.3, -0.25) is 19.7 Å². The van der Waals surface area contributed by atoms with Gasteiger partial charge in [0.2, 0.25) is 11.5 Å². The van der Waals surface area contributed by atoms with Gasteiger partial charge in [-0.15, -0.1) is 11.3 Å². The number of anilines is 1. The van der Waals surface area contributed by atoms with Crippen molar-refractivity contribution in [2.75, 3.05) is 11.9 Å². The Labute approximate surface area is 124 Å². The average molecular weight is 306 g/mol. The molecule has 0 aliphatic rings. The van der Waals surface area contributed by atoms with Gasteiger partial charge in [0.25, 0.3) is 5.91 Å². The van der Waals surface area contributed by atoms with Crippen LogP contribution in [0.5, 0.6) is 0 Å². The monoisotopic (exact) mass is 306 g/mol. The number of aromatic amines is 1. The first-order valence-electron chi connectivity index (χ1n) is 6.29. The van der Waals surface area contributed by atoms with Crippen LogP contribution in [0.2, 0.25) is 0 Å². The summed E-state index contributed by atoms with van der Waals surface area (Å²) in [6, 6.07) is 2.70. The lowest BCUT2D eigenvalue weighted by atomic mass is 10.3. The lowest BCUT2D eigenvalue weighted by Crippen LogP contribution is -2.24. The number of thiazole rings is 1. The lowest BCUT2D eigenvalue weighted by Gasteiger charge is -2.01. The zero-order chi connectivity index (χ0) is 15.2. The van der Waals surface area contributed by atoms with E-state index in [2.05, 4.69) is 20.6 Å². The minimum absolute atomic E-state index is 0.110. The second-order valence-corrected chi connectivity index (χ2v) is 5.03. The molecule has 8 heteroatoms. The summed E-state index contributed by atoms with van der Waals surface area (Å²) in [4.78, 5) is 40.9. The molecule has 0 spiro atoms. The van der Waals surface area contributed by atoms with Gasteiger partial charge in [0.15, 0.2) is 5.13 Å². The van der Waals surface area contributed by atoms with Crippen LogP contribution in [0.1, 0.15) is 23.0 Å². The van der Waals surface area contributed by atoms with Gasteiger partial charge in [0, 0.05) is 24.2 Å². The van der Waals surface area contributed by atoms with Gasteiger partial charge < -0.3 is 10.3 Å². The van der Waals surface area contributed by atoms with Crippen molar-refractivity contribution in [2.45, 2.75) is 13.3 Å². The van der Waals surface area contributed by atoms with E-state index in [0.717, 1.165) is 0 Å². The predicted molar refractivity (Wildman–Crippen MR) is 79.5 cm³/mol. The van der Waals surface area contributed by atoms with Crippen LogP contribution in [-0.4, -0.2) is 28.3 Å². The normalized spacial score (nSPS) is 10.1. The average Bonchev–Trinajstić information content (AvgIpc) is 2.86. The minimum Gasteiger partial charge on any atom is -0.356 e. The Balaban J connectivity index is 1.98. The van der Waals surface area contributed by atoms with Crippen LogP contribution in [0.15, 0.2) is 28.5 Å². The van der Waals surface area contributed by atoms with Crippen LogP contribution in [0.3, 0.4) is 0 Å². The van der Waals surface area contributed by atoms with Crippen molar-refractivity contribution in [2.24, 2.45) is 0 Å². The third kappa shape index (κ3) is 4.25. The van der Waals surface area contributed by atoms with Crippen molar-refractivity contribution in [3.63, 3.8) is 0 Å². The number of carbonyl (C=O) groups is 2. The fourth-order valence-electron chi connectivity index (χ4n) is 1.59. The first-order valence-corrected chi connectivity index (χ1v) is 7.17. The molecule has 0 fully saturated rings. The molecular formula is C13H14N4O3S. The molecule has 2 amide bonds. The Kier molecular flexibility index (Phi) is 4.83. The van der Waals surface area contributed by atoms with Gasteiger partial charge in [-0.2, -0.15) is 0 Å². The maximum atomic E-state index is 11.9. The van der Waals surface area contributed by atoms with Crippen molar-refractivity contribution >= 4 is 28.3 Å². The maximum absolute atomic E-state index is 11.9. The predicted octanol–water partition coefficient (Wildman–Crippen LogP) is 0.762. The quantitative estimate of drug-likeness (QED) is 0.758. The van der Waals surface area contributed by atoms with E-state index in [1.807, 2.05) is 6.92 Å². The molecule has 2 rings (SSSR count). The summed E-state index contributed by atoms with van der Waals surface area (Å²) in [7, 11) is 0. The summed E-state index contributed by atoms with van der Waals surface area (Å²) in [5.74, 6) is -0.480. The highest BCUT2D eigenvalue weighted by molar-refractivity contribution is 7.14. The number of H-pyrrole nitrogens is 1. The molecule has 0 radical (unpaired) electrons. The first-order chi connectivity index (χ1) is 10.1.